The maximum atomic E-state index is 11.9. The lowest BCUT2D eigenvalue weighted by atomic mass is 10.3. The van der Waals surface area contributed by atoms with Crippen LogP contribution in [0.1, 0.15) is 19.8 Å². The van der Waals surface area contributed by atoms with Gasteiger partial charge in [-0.1, -0.05) is 0 Å². The molecule has 0 radical (unpaired) electrons. The van der Waals surface area contributed by atoms with Crippen LogP contribution in [-0.2, 0) is 0 Å². The quantitative estimate of drug-likeness (QED) is 0.787. The molecule has 0 aliphatic carbocycles. The Kier molecular flexibility index (Phi) is 4.93. The molecule has 0 aromatic carbocycles. The molecular weight excluding hydrogens is 253 g/mol. The van der Waals surface area contributed by atoms with E-state index >= 15 is 0 Å². The van der Waals surface area contributed by atoms with Gasteiger partial charge in [0.25, 0.3) is 0 Å². The lowest BCUT2D eigenvalue weighted by Crippen LogP contribution is -2.11. The third kappa shape index (κ3) is 5.51. The second kappa shape index (κ2) is 6.22. The lowest BCUT2D eigenvalue weighted by Gasteiger charge is -2.08. The normalized spacial score (nSPS) is 11.3. The molecule has 102 valence electrons. The van der Waals surface area contributed by atoms with Crippen molar-refractivity contribution in [3.05, 3.63) is 0 Å². The summed E-state index contributed by atoms with van der Waals surface area (Å²) < 4.78 is 45.6. The minimum atomic E-state index is -4.20. The van der Waals surface area contributed by atoms with Gasteiger partial charge in [0.15, 0.2) is 0 Å². The summed E-state index contributed by atoms with van der Waals surface area (Å²) in [6.07, 6.45) is -5.30. The first-order valence-corrected chi connectivity index (χ1v) is 5.24. The van der Waals surface area contributed by atoms with E-state index in [1.54, 1.807) is 6.92 Å². The first kappa shape index (κ1) is 14.3. The highest BCUT2D eigenvalue weighted by Crippen LogP contribution is 2.21. The van der Waals surface area contributed by atoms with Gasteiger partial charge in [0.05, 0.1) is 13.2 Å². The van der Waals surface area contributed by atoms with Gasteiger partial charge in [-0.05, 0) is 13.3 Å². The van der Waals surface area contributed by atoms with Crippen molar-refractivity contribution in [1.29, 1.82) is 0 Å². The van der Waals surface area contributed by atoms with E-state index in [4.69, 9.17) is 15.2 Å². The number of nitrogen functional groups attached to an aromatic ring is 1. The molecular formula is C9H13F3N4O2. The van der Waals surface area contributed by atoms with Crippen molar-refractivity contribution in [2.75, 3.05) is 18.9 Å². The van der Waals surface area contributed by atoms with Crippen LogP contribution in [-0.4, -0.2) is 34.3 Å². The Morgan fingerprint density at radius 3 is 2.28 bits per heavy atom. The summed E-state index contributed by atoms with van der Waals surface area (Å²) in [6, 6.07) is -0.163. The van der Waals surface area contributed by atoms with Crippen LogP contribution in [0.15, 0.2) is 0 Å². The Balaban J connectivity index is 2.46. The monoisotopic (exact) mass is 266 g/mol. The Morgan fingerprint density at radius 2 is 1.72 bits per heavy atom. The van der Waals surface area contributed by atoms with E-state index in [0.717, 1.165) is 0 Å². The molecule has 0 bridgehead atoms. The number of alkyl halides is 3. The first-order valence-electron chi connectivity index (χ1n) is 5.24. The molecule has 2 N–H and O–H groups in total. The molecule has 0 aliphatic rings. The van der Waals surface area contributed by atoms with Crippen LogP contribution in [0, 0.1) is 0 Å². The van der Waals surface area contributed by atoms with Crippen molar-refractivity contribution in [1.82, 2.24) is 15.0 Å². The highest BCUT2D eigenvalue weighted by atomic mass is 19.4. The minimum absolute atomic E-state index is 0.0178. The van der Waals surface area contributed by atoms with E-state index in [-0.39, 0.29) is 31.0 Å². The standard InChI is InChI=1S/C9H13F3N4O2/c1-2-17-7-14-6(13)15-8(16-7)18-5-3-4-9(10,11)12/h2-5H2,1H3,(H2,13,14,15,16). The van der Waals surface area contributed by atoms with Gasteiger partial charge in [0.1, 0.15) is 0 Å². The van der Waals surface area contributed by atoms with E-state index < -0.39 is 12.6 Å². The van der Waals surface area contributed by atoms with E-state index in [0.29, 0.717) is 6.61 Å². The largest absolute Gasteiger partial charge is 0.464 e. The predicted molar refractivity (Wildman–Crippen MR) is 56.2 cm³/mol. The number of anilines is 1. The number of nitrogens with two attached hydrogens (primary N) is 1. The molecule has 0 amide bonds. The van der Waals surface area contributed by atoms with Gasteiger partial charge < -0.3 is 15.2 Å². The molecule has 0 spiro atoms. The van der Waals surface area contributed by atoms with Crippen molar-refractivity contribution >= 4 is 5.95 Å². The number of ether oxygens (including phenoxy) is 2. The smallest absolute Gasteiger partial charge is 0.389 e. The molecule has 18 heavy (non-hydrogen) atoms. The fraction of sp³-hybridized carbons (Fsp3) is 0.667. The third-order valence-corrected chi connectivity index (χ3v) is 1.72. The Bertz CT molecular complexity index is 387. The molecule has 0 aliphatic heterocycles. The van der Waals surface area contributed by atoms with Gasteiger partial charge in [-0.25, -0.2) is 0 Å². The molecule has 0 atom stereocenters. The van der Waals surface area contributed by atoms with Crippen molar-refractivity contribution < 1.29 is 22.6 Å². The zero-order valence-corrected chi connectivity index (χ0v) is 9.70. The zero-order chi connectivity index (χ0) is 13.6. The summed E-state index contributed by atoms with van der Waals surface area (Å²) in [7, 11) is 0. The third-order valence-electron chi connectivity index (χ3n) is 1.72. The number of hydrogen-bond donors (Lipinski definition) is 1. The Labute approximate surface area is 101 Å². The molecule has 1 aromatic heterocycles. The highest BCUT2D eigenvalue weighted by Gasteiger charge is 2.26. The molecule has 0 fully saturated rings. The molecule has 1 heterocycles. The Morgan fingerprint density at radius 1 is 1.11 bits per heavy atom. The minimum Gasteiger partial charge on any atom is -0.464 e. The number of nitrogens with zero attached hydrogens (tertiary/aromatic N) is 3. The number of rotatable bonds is 6. The predicted octanol–water partition coefficient (Wildman–Crippen LogP) is 1.57. The van der Waals surface area contributed by atoms with Crippen LogP contribution in [0.5, 0.6) is 12.0 Å². The molecule has 0 saturated heterocycles. The topological polar surface area (TPSA) is 83.2 Å². The van der Waals surface area contributed by atoms with Crippen LogP contribution in [0.4, 0.5) is 19.1 Å². The van der Waals surface area contributed by atoms with Crippen molar-refractivity contribution in [2.45, 2.75) is 25.9 Å². The molecule has 9 heteroatoms. The summed E-state index contributed by atoms with van der Waals surface area (Å²) in [5, 5.41) is 0. The fourth-order valence-corrected chi connectivity index (χ4v) is 1.05. The van der Waals surface area contributed by atoms with Gasteiger partial charge in [-0.15, -0.1) is 4.98 Å². The van der Waals surface area contributed by atoms with Crippen LogP contribution in [0.25, 0.3) is 0 Å². The van der Waals surface area contributed by atoms with Crippen molar-refractivity contribution in [2.24, 2.45) is 0 Å². The van der Waals surface area contributed by atoms with Crippen LogP contribution < -0.4 is 15.2 Å². The van der Waals surface area contributed by atoms with Gasteiger partial charge in [-0.2, -0.15) is 23.1 Å². The molecule has 1 rings (SSSR count). The summed E-state index contributed by atoms with van der Waals surface area (Å²) in [5.74, 6) is -0.112. The van der Waals surface area contributed by atoms with Gasteiger partial charge >= 0.3 is 18.2 Å². The average Bonchev–Trinajstić information content (AvgIpc) is 2.23. The molecule has 1 aromatic rings. The maximum absolute atomic E-state index is 11.9. The first-order chi connectivity index (χ1) is 8.40. The summed E-state index contributed by atoms with van der Waals surface area (Å²) in [5.41, 5.74) is 5.36. The lowest BCUT2D eigenvalue weighted by molar-refractivity contribution is -0.136. The summed E-state index contributed by atoms with van der Waals surface area (Å²) in [6.45, 7) is 1.90. The van der Waals surface area contributed by atoms with Crippen molar-refractivity contribution in [3.63, 3.8) is 0 Å². The second-order valence-corrected chi connectivity index (χ2v) is 3.26. The van der Waals surface area contributed by atoms with E-state index in [1.165, 1.54) is 0 Å². The molecule has 6 nitrogen and oxygen atoms in total. The Hall–Kier alpha value is -1.80. The van der Waals surface area contributed by atoms with Crippen molar-refractivity contribution in [3.8, 4) is 12.0 Å². The van der Waals surface area contributed by atoms with Gasteiger partial charge in [-0.3, -0.25) is 0 Å². The highest BCUT2D eigenvalue weighted by molar-refractivity contribution is 5.20. The zero-order valence-electron chi connectivity index (χ0n) is 9.70. The summed E-state index contributed by atoms with van der Waals surface area (Å²) >= 11 is 0. The summed E-state index contributed by atoms with van der Waals surface area (Å²) in [4.78, 5) is 11.0. The van der Waals surface area contributed by atoms with Gasteiger partial charge in [0, 0.05) is 6.42 Å². The average molecular weight is 266 g/mol. The van der Waals surface area contributed by atoms with E-state index in [9.17, 15) is 13.2 Å². The van der Waals surface area contributed by atoms with E-state index in [2.05, 4.69) is 15.0 Å². The SMILES string of the molecule is CCOc1nc(N)nc(OCCCC(F)(F)F)n1. The van der Waals surface area contributed by atoms with Crippen LogP contribution >= 0.6 is 0 Å². The number of aromatic nitrogens is 3. The number of hydrogen-bond acceptors (Lipinski definition) is 6. The number of halogens is 3. The maximum Gasteiger partial charge on any atom is 0.389 e. The molecule has 0 saturated carbocycles. The molecule has 0 unspecified atom stereocenters. The van der Waals surface area contributed by atoms with Crippen LogP contribution in [0.2, 0.25) is 0 Å². The van der Waals surface area contributed by atoms with E-state index in [1.807, 2.05) is 0 Å². The van der Waals surface area contributed by atoms with Crippen LogP contribution in [0.3, 0.4) is 0 Å². The van der Waals surface area contributed by atoms with Gasteiger partial charge in [0.2, 0.25) is 5.95 Å². The second-order valence-electron chi connectivity index (χ2n) is 3.26. The fourth-order valence-electron chi connectivity index (χ4n) is 1.05.